The number of halogens is 1. The number of rotatable bonds is 3. The number of aromatic nitrogens is 3. The van der Waals surface area contributed by atoms with E-state index in [4.69, 9.17) is 11.6 Å². The molecular formula is C11H18ClN5. The SMILES string of the molecule is CNc1nc(Cl)nc(N2CCC(C(C)C)C2)n1. The van der Waals surface area contributed by atoms with Gasteiger partial charge in [-0.25, -0.2) is 0 Å². The second-order valence-electron chi connectivity index (χ2n) is 4.72. The first-order valence-electron chi connectivity index (χ1n) is 5.94. The molecule has 1 saturated heterocycles. The average Bonchev–Trinajstić information content (AvgIpc) is 2.77. The molecule has 1 N–H and O–H groups in total. The minimum absolute atomic E-state index is 0.243. The molecule has 1 aliphatic rings. The van der Waals surface area contributed by atoms with Gasteiger partial charge in [0.15, 0.2) is 0 Å². The van der Waals surface area contributed by atoms with Gasteiger partial charge < -0.3 is 10.2 Å². The van der Waals surface area contributed by atoms with Crippen molar-refractivity contribution in [2.45, 2.75) is 20.3 Å². The summed E-state index contributed by atoms with van der Waals surface area (Å²) in [4.78, 5) is 14.7. The van der Waals surface area contributed by atoms with Crippen molar-refractivity contribution < 1.29 is 0 Å². The average molecular weight is 256 g/mol. The molecule has 0 amide bonds. The maximum atomic E-state index is 5.88. The molecule has 94 valence electrons. The smallest absolute Gasteiger partial charge is 0.231 e. The molecule has 0 aliphatic carbocycles. The molecule has 0 radical (unpaired) electrons. The molecule has 0 spiro atoms. The molecule has 1 aromatic heterocycles. The molecule has 5 nitrogen and oxygen atoms in total. The van der Waals surface area contributed by atoms with E-state index in [1.165, 1.54) is 6.42 Å². The zero-order valence-corrected chi connectivity index (χ0v) is 11.2. The second-order valence-corrected chi connectivity index (χ2v) is 5.05. The van der Waals surface area contributed by atoms with Crippen molar-refractivity contribution in [2.75, 3.05) is 30.4 Å². The topological polar surface area (TPSA) is 53.9 Å². The van der Waals surface area contributed by atoms with E-state index in [9.17, 15) is 0 Å². The second kappa shape index (κ2) is 5.04. The van der Waals surface area contributed by atoms with E-state index in [1.54, 1.807) is 7.05 Å². The van der Waals surface area contributed by atoms with Crippen LogP contribution in [-0.4, -0.2) is 35.1 Å². The summed E-state index contributed by atoms with van der Waals surface area (Å²) >= 11 is 5.88. The van der Waals surface area contributed by atoms with Crippen molar-refractivity contribution >= 4 is 23.5 Å². The Balaban J connectivity index is 2.15. The highest BCUT2D eigenvalue weighted by Crippen LogP contribution is 2.26. The van der Waals surface area contributed by atoms with Gasteiger partial charge in [-0.1, -0.05) is 13.8 Å². The van der Waals surface area contributed by atoms with Gasteiger partial charge in [0.05, 0.1) is 0 Å². The van der Waals surface area contributed by atoms with E-state index in [-0.39, 0.29) is 5.28 Å². The molecule has 2 heterocycles. The standard InChI is InChI=1S/C11H18ClN5/c1-7(2)8-4-5-17(6-8)11-15-9(12)14-10(13-3)16-11/h7-8H,4-6H2,1-3H3,(H,13,14,15,16). The lowest BCUT2D eigenvalue weighted by Gasteiger charge is -2.18. The third kappa shape index (κ3) is 2.77. The van der Waals surface area contributed by atoms with Crippen molar-refractivity contribution in [1.82, 2.24) is 15.0 Å². The molecule has 1 unspecified atom stereocenters. The molecule has 1 atom stereocenters. The highest BCUT2D eigenvalue weighted by Gasteiger charge is 2.26. The summed E-state index contributed by atoms with van der Waals surface area (Å²) in [6.07, 6.45) is 1.19. The first-order valence-corrected chi connectivity index (χ1v) is 6.32. The lowest BCUT2D eigenvalue weighted by atomic mass is 9.95. The summed E-state index contributed by atoms with van der Waals surface area (Å²) in [6, 6.07) is 0. The van der Waals surface area contributed by atoms with Crippen LogP contribution in [0.25, 0.3) is 0 Å². The van der Waals surface area contributed by atoms with Crippen molar-refractivity contribution in [3.05, 3.63) is 5.28 Å². The van der Waals surface area contributed by atoms with Crippen molar-refractivity contribution in [3.8, 4) is 0 Å². The van der Waals surface area contributed by atoms with Crippen LogP contribution in [0.1, 0.15) is 20.3 Å². The Hall–Kier alpha value is -1.10. The molecule has 1 aromatic rings. The van der Waals surface area contributed by atoms with E-state index in [1.807, 2.05) is 0 Å². The van der Waals surface area contributed by atoms with Gasteiger partial charge >= 0.3 is 0 Å². The first-order chi connectivity index (χ1) is 8.10. The maximum absolute atomic E-state index is 5.88. The molecule has 2 rings (SSSR count). The van der Waals surface area contributed by atoms with Gasteiger partial charge in [0.1, 0.15) is 0 Å². The Kier molecular flexibility index (Phi) is 3.66. The van der Waals surface area contributed by atoms with E-state index < -0.39 is 0 Å². The van der Waals surface area contributed by atoms with Gasteiger partial charge in [0.25, 0.3) is 0 Å². The first kappa shape index (κ1) is 12.4. The number of anilines is 2. The number of nitrogens with zero attached hydrogens (tertiary/aromatic N) is 4. The van der Waals surface area contributed by atoms with Crippen molar-refractivity contribution in [3.63, 3.8) is 0 Å². The van der Waals surface area contributed by atoms with Gasteiger partial charge in [-0.15, -0.1) is 0 Å². The van der Waals surface area contributed by atoms with Gasteiger partial charge in [-0.3, -0.25) is 0 Å². The molecule has 1 fully saturated rings. The molecule has 0 saturated carbocycles. The van der Waals surface area contributed by atoms with Crippen LogP contribution in [0.5, 0.6) is 0 Å². The third-order valence-electron chi connectivity index (χ3n) is 3.27. The monoisotopic (exact) mass is 255 g/mol. The van der Waals surface area contributed by atoms with E-state index in [0.29, 0.717) is 23.7 Å². The van der Waals surface area contributed by atoms with Crippen LogP contribution >= 0.6 is 11.6 Å². The van der Waals surface area contributed by atoms with Gasteiger partial charge in [-0.2, -0.15) is 15.0 Å². The molecule has 0 bridgehead atoms. The number of hydrogen-bond acceptors (Lipinski definition) is 5. The van der Waals surface area contributed by atoms with Crippen molar-refractivity contribution in [2.24, 2.45) is 11.8 Å². The maximum Gasteiger partial charge on any atom is 0.231 e. The van der Waals surface area contributed by atoms with Crippen LogP contribution in [0.15, 0.2) is 0 Å². The summed E-state index contributed by atoms with van der Waals surface area (Å²) < 4.78 is 0. The summed E-state index contributed by atoms with van der Waals surface area (Å²) in [5.74, 6) is 2.61. The van der Waals surface area contributed by atoms with Crippen LogP contribution < -0.4 is 10.2 Å². The Morgan fingerprint density at radius 1 is 1.35 bits per heavy atom. The number of hydrogen-bond donors (Lipinski definition) is 1. The fourth-order valence-corrected chi connectivity index (χ4v) is 2.26. The van der Waals surface area contributed by atoms with E-state index in [0.717, 1.165) is 13.1 Å². The van der Waals surface area contributed by atoms with Crippen LogP contribution in [-0.2, 0) is 0 Å². The third-order valence-corrected chi connectivity index (χ3v) is 3.44. The lowest BCUT2D eigenvalue weighted by molar-refractivity contribution is 0.422. The predicted octanol–water partition coefficient (Wildman–Crippen LogP) is 2.05. The lowest BCUT2D eigenvalue weighted by Crippen LogP contribution is -2.24. The zero-order valence-electron chi connectivity index (χ0n) is 10.4. The van der Waals surface area contributed by atoms with Gasteiger partial charge in [-0.05, 0) is 29.9 Å². The normalized spacial score (nSPS) is 20.1. The molecule has 1 aliphatic heterocycles. The Labute approximate surface area is 107 Å². The fraction of sp³-hybridized carbons (Fsp3) is 0.727. The molecule has 17 heavy (non-hydrogen) atoms. The summed E-state index contributed by atoms with van der Waals surface area (Å²) in [5, 5.41) is 3.14. The Morgan fingerprint density at radius 2 is 2.12 bits per heavy atom. The fourth-order valence-electron chi connectivity index (χ4n) is 2.11. The van der Waals surface area contributed by atoms with Crippen molar-refractivity contribution in [1.29, 1.82) is 0 Å². The van der Waals surface area contributed by atoms with Gasteiger partial charge in [0, 0.05) is 20.1 Å². The highest BCUT2D eigenvalue weighted by molar-refractivity contribution is 6.28. The Morgan fingerprint density at radius 3 is 2.71 bits per heavy atom. The molecular weight excluding hydrogens is 238 g/mol. The Bertz CT molecular complexity index is 395. The summed E-state index contributed by atoms with van der Waals surface area (Å²) in [5.41, 5.74) is 0. The van der Waals surface area contributed by atoms with E-state index in [2.05, 4.69) is 39.0 Å². The van der Waals surface area contributed by atoms with Crippen LogP contribution in [0.3, 0.4) is 0 Å². The zero-order chi connectivity index (χ0) is 12.4. The highest BCUT2D eigenvalue weighted by atomic mass is 35.5. The quantitative estimate of drug-likeness (QED) is 0.896. The predicted molar refractivity (Wildman–Crippen MR) is 69.5 cm³/mol. The summed E-state index contributed by atoms with van der Waals surface area (Å²) in [7, 11) is 1.77. The van der Waals surface area contributed by atoms with E-state index >= 15 is 0 Å². The molecule has 0 aromatic carbocycles. The van der Waals surface area contributed by atoms with Crippen LogP contribution in [0.4, 0.5) is 11.9 Å². The number of nitrogens with one attached hydrogen (secondary N) is 1. The van der Waals surface area contributed by atoms with Gasteiger partial charge in [0.2, 0.25) is 17.2 Å². The minimum atomic E-state index is 0.243. The molecule has 6 heteroatoms. The largest absolute Gasteiger partial charge is 0.357 e. The minimum Gasteiger partial charge on any atom is -0.357 e. The van der Waals surface area contributed by atoms with Crippen LogP contribution in [0, 0.1) is 11.8 Å². The van der Waals surface area contributed by atoms with Crippen LogP contribution in [0.2, 0.25) is 5.28 Å². The summed E-state index contributed by atoms with van der Waals surface area (Å²) in [6.45, 7) is 6.51.